The van der Waals surface area contributed by atoms with Crippen molar-refractivity contribution in [3.8, 4) is 0 Å². The number of likely N-dealkylation sites (tertiary alicyclic amines) is 1. The third kappa shape index (κ3) is 7.82. The van der Waals surface area contributed by atoms with Crippen molar-refractivity contribution in [1.29, 1.82) is 0 Å². The van der Waals surface area contributed by atoms with Crippen LogP contribution >= 0.6 is 24.0 Å². The largest absolute Gasteiger partial charge is 0.369 e. The zero-order valence-corrected chi connectivity index (χ0v) is 21.6. The summed E-state index contributed by atoms with van der Waals surface area (Å²) in [5.41, 5.74) is 2.67. The van der Waals surface area contributed by atoms with E-state index < -0.39 is 0 Å². The second-order valence-electron chi connectivity index (χ2n) is 8.34. The molecule has 0 aromatic heterocycles. The van der Waals surface area contributed by atoms with Gasteiger partial charge in [-0.25, -0.2) is 0 Å². The lowest BCUT2D eigenvalue weighted by Gasteiger charge is -2.36. The number of amides is 1. The van der Waals surface area contributed by atoms with E-state index in [9.17, 15) is 4.79 Å². The second-order valence-corrected chi connectivity index (χ2v) is 8.34. The van der Waals surface area contributed by atoms with Gasteiger partial charge in [0.05, 0.1) is 0 Å². The molecule has 31 heavy (non-hydrogen) atoms. The quantitative estimate of drug-likeness (QED) is 0.240. The van der Waals surface area contributed by atoms with Crippen LogP contribution in [0.25, 0.3) is 0 Å². The molecule has 0 bridgehead atoms. The van der Waals surface area contributed by atoms with Gasteiger partial charge in [-0.1, -0.05) is 19.1 Å². The number of hydrogen-bond acceptors (Lipinski definition) is 4. The topological polar surface area (TPSA) is 63.2 Å². The first-order valence-electron chi connectivity index (χ1n) is 11.4. The summed E-state index contributed by atoms with van der Waals surface area (Å²) in [6, 6.07) is 9.09. The lowest BCUT2D eigenvalue weighted by molar-refractivity contribution is -0.129. The molecule has 1 aromatic carbocycles. The summed E-state index contributed by atoms with van der Waals surface area (Å²) in [5, 5.41) is 6.90. The van der Waals surface area contributed by atoms with Gasteiger partial charge in [0.1, 0.15) is 0 Å². The van der Waals surface area contributed by atoms with Gasteiger partial charge in [0.15, 0.2) is 5.96 Å². The lowest BCUT2D eigenvalue weighted by atomic mass is 10.2. The highest BCUT2D eigenvalue weighted by atomic mass is 127. The standard InChI is InChI=1S/C23H38N6O.HI/c1-4-22(30)29-12-9-20(18-29)26-23(24-3)25-10-6-11-27-13-15-28(16-14-27)21-8-5-7-19(2)17-21;/h5,7-8,17,20H,4,6,9-16,18H2,1-3H3,(H2,24,25,26);1H. The van der Waals surface area contributed by atoms with Crippen molar-refractivity contribution in [1.82, 2.24) is 20.4 Å². The number of carbonyl (C=O) groups is 1. The van der Waals surface area contributed by atoms with Crippen molar-refractivity contribution in [3.05, 3.63) is 29.8 Å². The number of anilines is 1. The molecule has 0 aliphatic carbocycles. The molecular formula is C23H39IN6O. The molecule has 7 nitrogen and oxygen atoms in total. The molecule has 2 aliphatic rings. The Bertz CT molecular complexity index is 720. The SMILES string of the molecule is CCC(=O)N1CCC(NC(=NC)NCCCN2CCN(c3cccc(C)c3)CC2)C1.I. The number of piperazine rings is 1. The monoisotopic (exact) mass is 542 g/mol. The molecular weight excluding hydrogens is 503 g/mol. The third-order valence-corrected chi connectivity index (χ3v) is 6.09. The average molecular weight is 543 g/mol. The normalized spacial score (nSPS) is 19.8. The molecule has 1 unspecified atom stereocenters. The van der Waals surface area contributed by atoms with Crippen molar-refractivity contribution < 1.29 is 4.79 Å². The molecule has 2 saturated heterocycles. The van der Waals surface area contributed by atoms with E-state index in [1.807, 2.05) is 18.9 Å². The minimum atomic E-state index is 0. The van der Waals surface area contributed by atoms with Gasteiger partial charge in [0, 0.05) is 71.0 Å². The molecule has 174 valence electrons. The number of hydrogen-bond donors (Lipinski definition) is 2. The van der Waals surface area contributed by atoms with E-state index in [1.165, 1.54) is 11.3 Å². The Hall–Kier alpha value is -1.55. The Kier molecular flexibility index (Phi) is 10.9. The van der Waals surface area contributed by atoms with Crippen LogP contribution in [-0.2, 0) is 4.79 Å². The highest BCUT2D eigenvalue weighted by molar-refractivity contribution is 14.0. The van der Waals surface area contributed by atoms with Crippen molar-refractivity contribution in [2.45, 2.75) is 39.2 Å². The summed E-state index contributed by atoms with van der Waals surface area (Å²) >= 11 is 0. The summed E-state index contributed by atoms with van der Waals surface area (Å²) in [6.45, 7) is 12.1. The maximum Gasteiger partial charge on any atom is 0.222 e. The highest BCUT2D eigenvalue weighted by Crippen LogP contribution is 2.17. The minimum Gasteiger partial charge on any atom is -0.369 e. The van der Waals surface area contributed by atoms with E-state index in [0.717, 1.165) is 71.2 Å². The van der Waals surface area contributed by atoms with Crippen molar-refractivity contribution in [2.24, 2.45) is 4.99 Å². The number of carbonyl (C=O) groups excluding carboxylic acids is 1. The van der Waals surface area contributed by atoms with E-state index in [2.05, 4.69) is 56.6 Å². The Balaban J connectivity index is 0.00000341. The van der Waals surface area contributed by atoms with E-state index in [0.29, 0.717) is 12.5 Å². The Labute approximate surface area is 204 Å². The summed E-state index contributed by atoms with van der Waals surface area (Å²) in [4.78, 5) is 23.2. The third-order valence-electron chi connectivity index (χ3n) is 6.09. The average Bonchev–Trinajstić information content (AvgIpc) is 3.24. The van der Waals surface area contributed by atoms with Gasteiger partial charge >= 0.3 is 0 Å². The maximum atomic E-state index is 11.8. The van der Waals surface area contributed by atoms with Gasteiger partial charge in [-0.3, -0.25) is 14.7 Å². The molecule has 2 heterocycles. The molecule has 0 radical (unpaired) electrons. The van der Waals surface area contributed by atoms with Crippen LogP contribution in [0.2, 0.25) is 0 Å². The van der Waals surface area contributed by atoms with Crippen LogP contribution in [0, 0.1) is 6.92 Å². The molecule has 2 fully saturated rings. The second kappa shape index (κ2) is 13.1. The fourth-order valence-corrected chi connectivity index (χ4v) is 4.28. The fourth-order valence-electron chi connectivity index (χ4n) is 4.28. The number of nitrogens with zero attached hydrogens (tertiary/aromatic N) is 4. The summed E-state index contributed by atoms with van der Waals surface area (Å²) in [7, 11) is 1.81. The van der Waals surface area contributed by atoms with Crippen LogP contribution < -0.4 is 15.5 Å². The zero-order valence-electron chi connectivity index (χ0n) is 19.3. The minimum absolute atomic E-state index is 0. The number of guanidine groups is 1. The van der Waals surface area contributed by atoms with Crippen LogP contribution in [0.4, 0.5) is 5.69 Å². The molecule has 2 aliphatic heterocycles. The molecule has 8 heteroatoms. The van der Waals surface area contributed by atoms with Crippen molar-refractivity contribution in [3.63, 3.8) is 0 Å². The van der Waals surface area contributed by atoms with Gasteiger partial charge < -0.3 is 20.4 Å². The zero-order chi connectivity index (χ0) is 21.3. The molecule has 1 amide bonds. The number of nitrogens with one attached hydrogen (secondary N) is 2. The number of halogens is 1. The summed E-state index contributed by atoms with van der Waals surface area (Å²) < 4.78 is 0. The first kappa shape index (κ1) is 25.7. The Morgan fingerprint density at radius 1 is 1.19 bits per heavy atom. The fraction of sp³-hybridized carbons (Fsp3) is 0.652. The molecule has 0 spiro atoms. The molecule has 1 atom stereocenters. The summed E-state index contributed by atoms with van der Waals surface area (Å²) in [5.74, 6) is 1.08. The van der Waals surface area contributed by atoms with Crippen LogP contribution in [0.15, 0.2) is 29.3 Å². The molecule has 0 saturated carbocycles. The van der Waals surface area contributed by atoms with E-state index in [-0.39, 0.29) is 29.9 Å². The number of benzene rings is 1. The first-order chi connectivity index (χ1) is 14.6. The summed E-state index contributed by atoms with van der Waals surface area (Å²) in [6.07, 6.45) is 2.66. The Morgan fingerprint density at radius 3 is 2.65 bits per heavy atom. The van der Waals surface area contributed by atoms with Crippen LogP contribution in [0.5, 0.6) is 0 Å². The van der Waals surface area contributed by atoms with Crippen LogP contribution in [0.1, 0.15) is 31.7 Å². The predicted octanol–water partition coefficient (Wildman–Crippen LogP) is 2.30. The molecule has 2 N–H and O–H groups in total. The highest BCUT2D eigenvalue weighted by Gasteiger charge is 2.25. The van der Waals surface area contributed by atoms with Gasteiger partial charge in [0.25, 0.3) is 0 Å². The van der Waals surface area contributed by atoms with Gasteiger partial charge in [-0.15, -0.1) is 24.0 Å². The smallest absolute Gasteiger partial charge is 0.222 e. The van der Waals surface area contributed by atoms with Crippen LogP contribution in [-0.4, -0.2) is 87.1 Å². The maximum absolute atomic E-state index is 11.8. The van der Waals surface area contributed by atoms with E-state index in [4.69, 9.17) is 0 Å². The lowest BCUT2D eigenvalue weighted by Crippen LogP contribution is -2.48. The number of aryl methyl sites for hydroxylation is 1. The van der Waals surface area contributed by atoms with Gasteiger partial charge in [0.2, 0.25) is 5.91 Å². The first-order valence-corrected chi connectivity index (χ1v) is 11.4. The number of rotatable bonds is 7. The van der Waals surface area contributed by atoms with Gasteiger partial charge in [-0.05, 0) is 44.0 Å². The van der Waals surface area contributed by atoms with Gasteiger partial charge in [-0.2, -0.15) is 0 Å². The predicted molar refractivity (Wildman–Crippen MR) is 140 cm³/mol. The van der Waals surface area contributed by atoms with E-state index in [1.54, 1.807) is 0 Å². The number of aliphatic imine (C=N–C) groups is 1. The molecule has 3 rings (SSSR count). The van der Waals surface area contributed by atoms with E-state index >= 15 is 0 Å². The van der Waals surface area contributed by atoms with Crippen molar-refractivity contribution in [2.75, 3.05) is 64.3 Å². The molecule has 1 aromatic rings. The Morgan fingerprint density at radius 2 is 1.97 bits per heavy atom. The van der Waals surface area contributed by atoms with Crippen molar-refractivity contribution >= 4 is 41.5 Å². The van der Waals surface area contributed by atoms with Crippen LogP contribution in [0.3, 0.4) is 0 Å².